The monoisotopic (exact) mass is 430 g/mol. The first kappa shape index (κ1) is 26.6. The molecular weight excluding hydrogens is 400 g/mol. The number of carboxylic acid groups (broad SMARTS) is 1. The number of hydrogen-bond acceptors (Lipinski definition) is 7. The number of carbonyl (C=O) groups excluding carboxylic acids is 4. The molecule has 0 radical (unpaired) electrons. The lowest BCUT2D eigenvalue weighted by Crippen LogP contribution is -2.56. The number of primary amides is 1. The maximum absolute atomic E-state index is 12.6. The lowest BCUT2D eigenvalue weighted by molar-refractivity contribution is -0.141. The fourth-order valence-electron chi connectivity index (χ4n) is 2.23. The highest BCUT2D eigenvalue weighted by Gasteiger charge is 2.28. The van der Waals surface area contributed by atoms with E-state index in [0.29, 0.717) is 6.42 Å². The van der Waals surface area contributed by atoms with Gasteiger partial charge in [0.1, 0.15) is 18.1 Å². The molecule has 0 aliphatic rings. The van der Waals surface area contributed by atoms with Gasteiger partial charge in [0.25, 0.3) is 0 Å². The SMILES string of the molecule is CC(NC(=O)C(CCCN=C(N)N)NC(=O)C(CCC(N)=O)NC(=O)CN)C(=O)O. The predicted molar refractivity (Wildman–Crippen MR) is 106 cm³/mol. The molecule has 14 heteroatoms. The van der Waals surface area contributed by atoms with Crippen molar-refractivity contribution >= 4 is 35.6 Å². The average molecular weight is 430 g/mol. The molecule has 3 atom stereocenters. The zero-order chi connectivity index (χ0) is 23.3. The summed E-state index contributed by atoms with van der Waals surface area (Å²) in [4.78, 5) is 62.4. The Labute approximate surface area is 173 Å². The molecule has 0 saturated carbocycles. The molecule has 0 fully saturated rings. The van der Waals surface area contributed by atoms with Gasteiger partial charge in [0.2, 0.25) is 23.6 Å². The van der Waals surface area contributed by atoms with Crippen LogP contribution in [0.15, 0.2) is 4.99 Å². The molecule has 170 valence electrons. The van der Waals surface area contributed by atoms with Gasteiger partial charge in [-0.3, -0.25) is 29.0 Å². The lowest BCUT2D eigenvalue weighted by atomic mass is 10.1. The second-order valence-electron chi connectivity index (χ2n) is 6.41. The third kappa shape index (κ3) is 11.4. The number of amides is 4. The van der Waals surface area contributed by atoms with Crippen molar-refractivity contribution < 1.29 is 29.1 Å². The van der Waals surface area contributed by atoms with Crippen LogP contribution in [0.2, 0.25) is 0 Å². The first-order chi connectivity index (χ1) is 14.0. The van der Waals surface area contributed by atoms with Gasteiger partial charge in [0.05, 0.1) is 6.54 Å². The fourth-order valence-corrected chi connectivity index (χ4v) is 2.23. The van der Waals surface area contributed by atoms with Gasteiger partial charge in [-0.2, -0.15) is 0 Å². The van der Waals surface area contributed by atoms with Crippen molar-refractivity contribution in [3.63, 3.8) is 0 Å². The van der Waals surface area contributed by atoms with Gasteiger partial charge >= 0.3 is 5.97 Å². The van der Waals surface area contributed by atoms with Gasteiger partial charge in [-0.05, 0) is 26.2 Å². The summed E-state index contributed by atoms with van der Waals surface area (Å²) in [7, 11) is 0. The van der Waals surface area contributed by atoms with Gasteiger partial charge in [-0.15, -0.1) is 0 Å². The minimum Gasteiger partial charge on any atom is -0.480 e. The van der Waals surface area contributed by atoms with Crippen molar-refractivity contribution in [1.29, 1.82) is 0 Å². The van der Waals surface area contributed by atoms with Gasteiger partial charge < -0.3 is 44.0 Å². The number of carboxylic acids is 1. The number of rotatable bonds is 14. The van der Waals surface area contributed by atoms with Crippen LogP contribution in [0.3, 0.4) is 0 Å². The number of aliphatic imine (C=N–C) groups is 1. The second kappa shape index (κ2) is 13.7. The molecule has 0 saturated heterocycles. The Morgan fingerprint density at radius 3 is 2.00 bits per heavy atom. The highest BCUT2D eigenvalue weighted by atomic mass is 16.4. The van der Waals surface area contributed by atoms with Crippen LogP contribution >= 0.6 is 0 Å². The van der Waals surface area contributed by atoms with E-state index in [-0.39, 0.29) is 38.3 Å². The van der Waals surface area contributed by atoms with Crippen LogP contribution in [0.1, 0.15) is 32.6 Å². The minimum absolute atomic E-state index is 0.0774. The van der Waals surface area contributed by atoms with Crippen LogP contribution < -0.4 is 38.9 Å². The highest BCUT2D eigenvalue weighted by molar-refractivity contribution is 5.93. The molecule has 0 aliphatic carbocycles. The molecule has 0 aromatic carbocycles. The summed E-state index contributed by atoms with van der Waals surface area (Å²) in [5.74, 6) is -4.24. The van der Waals surface area contributed by atoms with E-state index < -0.39 is 47.7 Å². The van der Waals surface area contributed by atoms with E-state index in [2.05, 4.69) is 20.9 Å². The van der Waals surface area contributed by atoms with Crippen molar-refractivity contribution in [3.05, 3.63) is 0 Å². The summed E-state index contributed by atoms with van der Waals surface area (Å²) in [6, 6.07) is -3.50. The van der Waals surface area contributed by atoms with Gasteiger partial charge in [0, 0.05) is 13.0 Å². The van der Waals surface area contributed by atoms with Crippen LogP contribution in [-0.2, 0) is 24.0 Å². The maximum Gasteiger partial charge on any atom is 0.325 e. The lowest BCUT2D eigenvalue weighted by Gasteiger charge is -2.23. The molecular formula is C16H30N8O6. The van der Waals surface area contributed by atoms with Crippen LogP contribution in [-0.4, -0.2) is 71.9 Å². The zero-order valence-corrected chi connectivity index (χ0v) is 16.7. The molecule has 0 bridgehead atoms. The predicted octanol–water partition coefficient (Wildman–Crippen LogP) is -4.18. The topological polar surface area (TPSA) is 258 Å². The number of carbonyl (C=O) groups is 5. The summed E-state index contributed by atoms with van der Waals surface area (Å²) in [5.41, 5.74) is 20.8. The van der Waals surface area contributed by atoms with Gasteiger partial charge in [-0.1, -0.05) is 0 Å². The van der Waals surface area contributed by atoms with E-state index in [0.717, 1.165) is 0 Å². The van der Waals surface area contributed by atoms with Crippen molar-refractivity contribution in [2.24, 2.45) is 27.9 Å². The summed E-state index contributed by atoms with van der Waals surface area (Å²) in [6.45, 7) is 1.04. The van der Waals surface area contributed by atoms with E-state index in [1.807, 2.05) is 0 Å². The van der Waals surface area contributed by atoms with Crippen LogP contribution in [0.5, 0.6) is 0 Å². The van der Waals surface area contributed by atoms with Gasteiger partial charge in [-0.25, -0.2) is 0 Å². The Kier molecular flexibility index (Phi) is 12.1. The van der Waals surface area contributed by atoms with E-state index in [9.17, 15) is 24.0 Å². The molecule has 14 nitrogen and oxygen atoms in total. The van der Waals surface area contributed by atoms with Crippen LogP contribution in [0.4, 0.5) is 0 Å². The number of nitrogens with one attached hydrogen (secondary N) is 3. The highest BCUT2D eigenvalue weighted by Crippen LogP contribution is 2.04. The van der Waals surface area contributed by atoms with E-state index in [1.165, 1.54) is 6.92 Å². The van der Waals surface area contributed by atoms with E-state index >= 15 is 0 Å². The Bertz CT molecular complexity index is 664. The number of aliphatic carboxylic acids is 1. The Morgan fingerprint density at radius 1 is 0.933 bits per heavy atom. The third-order valence-corrected chi connectivity index (χ3v) is 3.82. The molecule has 30 heavy (non-hydrogen) atoms. The molecule has 0 aliphatic heterocycles. The van der Waals surface area contributed by atoms with Crippen molar-refractivity contribution in [2.75, 3.05) is 13.1 Å². The van der Waals surface area contributed by atoms with Crippen LogP contribution in [0.25, 0.3) is 0 Å². The Morgan fingerprint density at radius 2 is 1.50 bits per heavy atom. The molecule has 0 spiro atoms. The second-order valence-corrected chi connectivity index (χ2v) is 6.41. The molecule has 3 unspecified atom stereocenters. The molecule has 0 aromatic heterocycles. The molecule has 0 aromatic rings. The van der Waals surface area contributed by atoms with Crippen LogP contribution in [0, 0.1) is 0 Å². The fraction of sp³-hybridized carbons (Fsp3) is 0.625. The Balaban J connectivity index is 5.30. The van der Waals surface area contributed by atoms with Crippen molar-refractivity contribution in [2.45, 2.75) is 50.7 Å². The third-order valence-electron chi connectivity index (χ3n) is 3.82. The Hall–Kier alpha value is -3.42. The smallest absolute Gasteiger partial charge is 0.325 e. The summed E-state index contributed by atoms with van der Waals surface area (Å²) in [5, 5.41) is 16.0. The summed E-state index contributed by atoms with van der Waals surface area (Å²) < 4.78 is 0. The summed E-state index contributed by atoms with van der Waals surface area (Å²) >= 11 is 0. The molecule has 12 N–H and O–H groups in total. The number of hydrogen-bond donors (Lipinski definition) is 8. The number of guanidine groups is 1. The van der Waals surface area contributed by atoms with Gasteiger partial charge in [0.15, 0.2) is 5.96 Å². The quantitative estimate of drug-likeness (QED) is 0.0753. The summed E-state index contributed by atoms with van der Waals surface area (Å²) in [6.07, 6.45) is 0.0635. The minimum atomic E-state index is -1.26. The first-order valence-electron chi connectivity index (χ1n) is 9.14. The molecule has 0 rings (SSSR count). The number of nitrogens with two attached hydrogens (primary N) is 4. The largest absolute Gasteiger partial charge is 0.480 e. The molecule has 4 amide bonds. The maximum atomic E-state index is 12.6. The average Bonchev–Trinajstić information content (AvgIpc) is 2.66. The normalized spacial score (nSPS) is 13.3. The standard InChI is InChI=1S/C16H30N8O6/c1-8(15(29)30)22-13(27)9(3-2-6-21-16(19)20)24-14(28)10(4-5-11(18)25)23-12(26)7-17/h8-10H,2-7,17H2,1H3,(H2,18,25)(H,22,27)(H,23,26)(H,24,28)(H,29,30)(H4,19,20,21). The van der Waals surface area contributed by atoms with E-state index in [4.69, 9.17) is 28.0 Å². The van der Waals surface area contributed by atoms with Crippen molar-refractivity contribution in [1.82, 2.24) is 16.0 Å². The number of nitrogens with zero attached hydrogens (tertiary/aromatic N) is 1. The zero-order valence-electron chi connectivity index (χ0n) is 16.7. The molecule has 0 heterocycles. The van der Waals surface area contributed by atoms with E-state index in [1.54, 1.807) is 0 Å². The first-order valence-corrected chi connectivity index (χ1v) is 9.14. The van der Waals surface area contributed by atoms with Crippen molar-refractivity contribution in [3.8, 4) is 0 Å².